The normalized spacial score (nSPS) is 38.8. The number of nitrogens with zero attached hydrogens (tertiary/aromatic N) is 3. The number of hydrogen-bond donors (Lipinski definition) is 2. The molecule has 3 saturated heterocycles. The van der Waals surface area contributed by atoms with Gasteiger partial charge in [0.1, 0.15) is 0 Å². The van der Waals surface area contributed by atoms with Crippen LogP contribution in [0.3, 0.4) is 0 Å². The molecule has 4 rings (SSSR count). The van der Waals surface area contributed by atoms with Gasteiger partial charge in [-0.2, -0.15) is 0 Å². The second kappa shape index (κ2) is 7.64. The molecule has 126 valence electrons. The molecule has 3 heterocycles. The minimum absolute atomic E-state index is 0.605. The van der Waals surface area contributed by atoms with Crippen LogP contribution < -0.4 is 10.6 Å². The molecule has 4 aliphatic rings. The van der Waals surface area contributed by atoms with Gasteiger partial charge in [-0.1, -0.05) is 19.8 Å². The van der Waals surface area contributed by atoms with Crippen LogP contribution in [0.25, 0.3) is 0 Å². The van der Waals surface area contributed by atoms with Crippen molar-refractivity contribution in [2.45, 2.75) is 51.6 Å². The molecule has 0 amide bonds. The molecular weight excluding hydrogens is 274 g/mol. The Balaban J connectivity index is 1.53. The van der Waals surface area contributed by atoms with Crippen molar-refractivity contribution in [2.75, 3.05) is 45.8 Å². The van der Waals surface area contributed by atoms with E-state index in [2.05, 4.69) is 34.3 Å². The van der Waals surface area contributed by atoms with Gasteiger partial charge in [0.25, 0.3) is 0 Å². The third kappa shape index (κ3) is 4.13. The SMILES string of the molecule is CCNC(=NCC1CN2CCN1CC2)NC1CCCC(C)C1. The molecule has 1 aliphatic carbocycles. The average Bonchev–Trinajstić information content (AvgIpc) is 2.54. The Kier molecular flexibility index (Phi) is 5.58. The summed E-state index contributed by atoms with van der Waals surface area (Å²) < 4.78 is 0. The number of rotatable bonds is 4. The van der Waals surface area contributed by atoms with E-state index in [0.717, 1.165) is 25.0 Å². The van der Waals surface area contributed by atoms with Crippen molar-refractivity contribution in [2.24, 2.45) is 10.9 Å². The predicted molar refractivity (Wildman–Crippen MR) is 92.3 cm³/mol. The first kappa shape index (κ1) is 16.1. The van der Waals surface area contributed by atoms with Crippen molar-refractivity contribution in [1.82, 2.24) is 20.4 Å². The summed E-state index contributed by atoms with van der Waals surface area (Å²) in [6.45, 7) is 12.5. The van der Waals surface area contributed by atoms with Gasteiger partial charge in [-0.3, -0.25) is 14.8 Å². The number of fused-ring (bicyclic) bond motifs is 3. The third-order valence-electron chi connectivity index (χ3n) is 5.47. The second-order valence-electron chi connectivity index (χ2n) is 7.32. The zero-order chi connectivity index (χ0) is 15.4. The molecule has 0 radical (unpaired) electrons. The van der Waals surface area contributed by atoms with E-state index in [4.69, 9.17) is 4.99 Å². The van der Waals surface area contributed by atoms with Crippen molar-refractivity contribution >= 4 is 5.96 Å². The predicted octanol–water partition coefficient (Wildman–Crippen LogP) is 1.12. The lowest BCUT2D eigenvalue weighted by Gasteiger charge is -2.47. The van der Waals surface area contributed by atoms with Gasteiger partial charge in [0, 0.05) is 51.4 Å². The van der Waals surface area contributed by atoms with Crippen molar-refractivity contribution in [3.63, 3.8) is 0 Å². The maximum absolute atomic E-state index is 4.90. The summed E-state index contributed by atoms with van der Waals surface area (Å²) in [5.41, 5.74) is 0. The van der Waals surface area contributed by atoms with Gasteiger partial charge in [-0.15, -0.1) is 0 Å². The zero-order valence-electron chi connectivity index (χ0n) is 14.4. The fourth-order valence-electron chi connectivity index (χ4n) is 4.17. The first-order valence-electron chi connectivity index (χ1n) is 9.26. The van der Waals surface area contributed by atoms with Crippen molar-refractivity contribution in [1.29, 1.82) is 0 Å². The molecule has 3 unspecified atom stereocenters. The Morgan fingerprint density at radius 3 is 2.64 bits per heavy atom. The van der Waals surface area contributed by atoms with Crippen molar-refractivity contribution < 1.29 is 0 Å². The Morgan fingerprint density at radius 1 is 1.18 bits per heavy atom. The molecule has 0 spiro atoms. The molecule has 3 aliphatic heterocycles. The van der Waals surface area contributed by atoms with E-state index in [-0.39, 0.29) is 0 Å². The van der Waals surface area contributed by atoms with E-state index in [1.54, 1.807) is 0 Å². The summed E-state index contributed by atoms with van der Waals surface area (Å²) in [6, 6.07) is 1.22. The van der Waals surface area contributed by atoms with Crippen LogP contribution in [0.1, 0.15) is 39.5 Å². The summed E-state index contributed by atoms with van der Waals surface area (Å²) in [5.74, 6) is 1.88. The first-order chi connectivity index (χ1) is 10.7. The maximum Gasteiger partial charge on any atom is 0.191 e. The minimum Gasteiger partial charge on any atom is -0.357 e. The van der Waals surface area contributed by atoms with Gasteiger partial charge in [0.15, 0.2) is 5.96 Å². The number of aliphatic imine (C=N–C) groups is 1. The van der Waals surface area contributed by atoms with Crippen LogP contribution in [0, 0.1) is 5.92 Å². The van der Waals surface area contributed by atoms with Gasteiger partial charge < -0.3 is 10.6 Å². The largest absolute Gasteiger partial charge is 0.357 e. The summed E-state index contributed by atoms with van der Waals surface area (Å²) in [6.07, 6.45) is 5.31. The van der Waals surface area contributed by atoms with Gasteiger partial charge in [0.2, 0.25) is 0 Å². The van der Waals surface area contributed by atoms with Crippen LogP contribution >= 0.6 is 0 Å². The molecule has 5 heteroatoms. The van der Waals surface area contributed by atoms with Gasteiger partial charge in [-0.05, 0) is 25.7 Å². The Morgan fingerprint density at radius 2 is 2.00 bits per heavy atom. The molecular formula is C17H33N5. The minimum atomic E-state index is 0.605. The number of hydrogen-bond acceptors (Lipinski definition) is 3. The molecule has 2 N–H and O–H groups in total. The van der Waals surface area contributed by atoms with E-state index >= 15 is 0 Å². The molecule has 2 bridgehead atoms. The molecule has 22 heavy (non-hydrogen) atoms. The molecule has 3 atom stereocenters. The Labute approximate surface area is 135 Å². The average molecular weight is 307 g/mol. The highest BCUT2D eigenvalue weighted by Gasteiger charge is 2.31. The lowest BCUT2D eigenvalue weighted by atomic mass is 9.87. The summed E-state index contributed by atoms with van der Waals surface area (Å²) in [5, 5.41) is 7.11. The highest BCUT2D eigenvalue weighted by atomic mass is 15.3. The lowest BCUT2D eigenvalue weighted by Crippen LogP contribution is -2.62. The Bertz CT molecular complexity index is 375. The van der Waals surface area contributed by atoms with Crippen LogP contribution in [0.2, 0.25) is 0 Å². The monoisotopic (exact) mass is 307 g/mol. The zero-order valence-corrected chi connectivity index (χ0v) is 14.4. The molecule has 0 aromatic rings. The Hall–Kier alpha value is -0.810. The highest BCUT2D eigenvalue weighted by Crippen LogP contribution is 2.23. The maximum atomic E-state index is 4.90. The molecule has 0 aromatic heterocycles. The summed E-state index contributed by atoms with van der Waals surface area (Å²) in [7, 11) is 0. The van der Waals surface area contributed by atoms with Crippen LogP contribution in [0.5, 0.6) is 0 Å². The molecule has 1 saturated carbocycles. The molecule has 0 aromatic carbocycles. The topological polar surface area (TPSA) is 42.9 Å². The van der Waals surface area contributed by atoms with E-state index in [1.165, 1.54) is 58.4 Å². The van der Waals surface area contributed by atoms with E-state index in [1.807, 2.05) is 0 Å². The number of piperazine rings is 3. The third-order valence-corrected chi connectivity index (χ3v) is 5.47. The molecule has 5 nitrogen and oxygen atoms in total. The summed E-state index contributed by atoms with van der Waals surface area (Å²) in [4.78, 5) is 10.1. The standard InChI is InChI=1S/C17H33N5/c1-3-18-17(20-15-6-4-5-14(2)11-15)19-12-16-13-21-7-9-22(16)10-8-21/h14-16H,3-13H2,1-2H3,(H2,18,19,20). The fraction of sp³-hybridized carbons (Fsp3) is 0.941. The van der Waals surface area contributed by atoms with Crippen LogP contribution in [-0.4, -0.2) is 73.7 Å². The van der Waals surface area contributed by atoms with Crippen molar-refractivity contribution in [3.8, 4) is 0 Å². The summed E-state index contributed by atoms with van der Waals surface area (Å²) >= 11 is 0. The van der Waals surface area contributed by atoms with Gasteiger partial charge in [0.05, 0.1) is 6.54 Å². The van der Waals surface area contributed by atoms with E-state index in [9.17, 15) is 0 Å². The smallest absolute Gasteiger partial charge is 0.191 e. The lowest BCUT2D eigenvalue weighted by molar-refractivity contribution is 0.0174. The number of guanidine groups is 1. The highest BCUT2D eigenvalue weighted by molar-refractivity contribution is 5.80. The number of nitrogens with one attached hydrogen (secondary N) is 2. The van der Waals surface area contributed by atoms with E-state index in [0.29, 0.717) is 12.1 Å². The van der Waals surface area contributed by atoms with Crippen LogP contribution in [0.4, 0.5) is 0 Å². The first-order valence-corrected chi connectivity index (χ1v) is 9.26. The van der Waals surface area contributed by atoms with Crippen molar-refractivity contribution in [3.05, 3.63) is 0 Å². The quantitative estimate of drug-likeness (QED) is 0.603. The van der Waals surface area contributed by atoms with Gasteiger partial charge >= 0.3 is 0 Å². The fourth-order valence-corrected chi connectivity index (χ4v) is 4.17. The van der Waals surface area contributed by atoms with E-state index < -0.39 is 0 Å². The molecule has 4 fully saturated rings. The van der Waals surface area contributed by atoms with Crippen LogP contribution in [-0.2, 0) is 0 Å². The van der Waals surface area contributed by atoms with Gasteiger partial charge in [-0.25, -0.2) is 0 Å². The second-order valence-corrected chi connectivity index (χ2v) is 7.32. The van der Waals surface area contributed by atoms with Crippen LogP contribution in [0.15, 0.2) is 4.99 Å².